The summed E-state index contributed by atoms with van der Waals surface area (Å²) in [7, 11) is 0. The average molecular weight is 681 g/mol. The molecule has 0 spiro atoms. The molecule has 0 aliphatic carbocycles. The Morgan fingerprint density at radius 3 is 1.49 bits per heavy atom. The number of rotatable bonds is 6. The largest absolute Gasteiger partial charge is 0.434 e. The van der Waals surface area contributed by atoms with Crippen molar-refractivity contribution in [1.82, 2.24) is 29.9 Å². The van der Waals surface area contributed by atoms with E-state index in [2.05, 4.69) is 71.7 Å². The third-order valence-electron chi connectivity index (χ3n) is 9.43. The van der Waals surface area contributed by atoms with E-state index in [9.17, 15) is 0 Å². The highest BCUT2D eigenvalue weighted by atomic mass is 16.3. The summed E-state index contributed by atoms with van der Waals surface area (Å²) in [6.45, 7) is 0. The molecule has 0 N–H and O–H groups in total. The number of pyridine rings is 1. The van der Waals surface area contributed by atoms with Gasteiger partial charge in [-0.3, -0.25) is 0 Å². The fourth-order valence-corrected chi connectivity index (χ4v) is 6.70. The van der Waals surface area contributed by atoms with E-state index in [-0.39, 0.29) is 0 Å². The van der Waals surface area contributed by atoms with E-state index in [0.29, 0.717) is 40.3 Å². The van der Waals surface area contributed by atoms with Crippen molar-refractivity contribution in [3.05, 3.63) is 170 Å². The molecule has 0 aliphatic heterocycles. The Hall–Kier alpha value is -7.38. The van der Waals surface area contributed by atoms with Gasteiger partial charge in [-0.15, -0.1) is 0 Å². The number of nitrogens with zero attached hydrogens (tertiary/aromatic N) is 6. The molecule has 0 saturated carbocycles. The van der Waals surface area contributed by atoms with Crippen molar-refractivity contribution in [3.8, 4) is 67.9 Å². The Labute approximate surface area is 304 Å². The number of fused-ring (bicyclic) bond motifs is 4. The standard InChI is InChI=1S/C46H28N6O/c1-3-10-29(11-4-1)31-17-20-34(21-18-31)44-50-43(32-13-5-2-6-14-32)51-45(52-44)35-24-22-33(23-25-35)42-48-39(37-26-19-30-12-7-8-15-36(30)28-37)41-40(49-42)38-16-9-27-47-46(38)53-41/h1-28H. The predicted octanol–water partition coefficient (Wildman–Crippen LogP) is 11.1. The summed E-state index contributed by atoms with van der Waals surface area (Å²) < 4.78 is 6.28. The Bertz CT molecular complexity index is 2930. The Kier molecular flexibility index (Phi) is 7.32. The fourth-order valence-electron chi connectivity index (χ4n) is 6.70. The Morgan fingerprint density at radius 2 is 0.849 bits per heavy atom. The van der Waals surface area contributed by atoms with Crippen molar-refractivity contribution in [2.75, 3.05) is 0 Å². The zero-order valence-electron chi connectivity index (χ0n) is 28.3. The van der Waals surface area contributed by atoms with Crippen molar-refractivity contribution in [2.45, 2.75) is 0 Å². The van der Waals surface area contributed by atoms with E-state index in [4.69, 9.17) is 29.3 Å². The summed E-state index contributed by atoms with van der Waals surface area (Å²) in [5.41, 5.74) is 9.33. The van der Waals surface area contributed by atoms with E-state index in [0.717, 1.165) is 60.6 Å². The van der Waals surface area contributed by atoms with Crippen LogP contribution in [0.15, 0.2) is 174 Å². The van der Waals surface area contributed by atoms with Crippen molar-refractivity contribution in [2.24, 2.45) is 0 Å². The van der Waals surface area contributed by atoms with E-state index in [1.54, 1.807) is 6.20 Å². The number of benzene rings is 6. The van der Waals surface area contributed by atoms with Crippen molar-refractivity contribution < 1.29 is 4.42 Å². The van der Waals surface area contributed by atoms with Gasteiger partial charge in [0.25, 0.3) is 0 Å². The molecule has 248 valence electrons. The molecule has 0 unspecified atom stereocenters. The van der Waals surface area contributed by atoms with E-state index >= 15 is 0 Å². The van der Waals surface area contributed by atoms with Crippen LogP contribution in [0.3, 0.4) is 0 Å². The quantitative estimate of drug-likeness (QED) is 0.173. The molecule has 0 aliphatic rings. The molecular weight excluding hydrogens is 653 g/mol. The lowest BCUT2D eigenvalue weighted by molar-refractivity contribution is 0.652. The highest BCUT2D eigenvalue weighted by Crippen LogP contribution is 2.36. The van der Waals surface area contributed by atoms with Crippen LogP contribution in [0, 0.1) is 0 Å². The molecule has 10 aromatic rings. The second kappa shape index (κ2) is 12.7. The Morgan fingerprint density at radius 1 is 0.358 bits per heavy atom. The smallest absolute Gasteiger partial charge is 0.229 e. The zero-order chi connectivity index (χ0) is 35.1. The summed E-state index contributed by atoms with van der Waals surface area (Å²) in [6, 6.07) is 55.2. The molecule has 6 aromatic carbocycles. The second-order valence-electron chi connectivity index (χ2n) is 12.8. The van der Waals surface area contributed by atoms with Gasteiger partial charge in [0.1, 0.15) is 11.2 Å². The third-order valence-corrected chi connectivity index (χ3v) is 9.43. The van der Waals surface area contributed by atoms with Gasteiger partial charge in [-0.1, -0.05) is 146 Å². The molecule has 10 rings (SSSR count). The van der Waals surface area contributed by atoms with Gasteiger partial charge in [-0.2, -0.15) is 0 Å². The van der Waals surface area contributed by atoms with Gasteiger partial charge in [-0.05, 0) is 40.1 Å². The number of furan rings is 1. The summed E-state index contributed by atoms with van der Waals surface area (Å²) in [4.78, 5) is 29.5. The molecule has 0 bridgehead atoms. The van der Waals surface area contributed by atoms with Crippen molar-refractivity contribution in [3.63, 3.8) is 0 Å². The topological polar surface area (TPSA) is 90.5 Å². The first-order valence-electron chi connectivity index (χ1n) is 17.4. The van der Waals surface area contributed by atoms with Gasteiger partial charge in [0, 0.05) is 34.0 Å². The predicted molar refractivity (Wildman–Crippen MR) is 211 cm³/mol. The molecule has 0 amide bonds. The van der Waals surface area contributed by atoms with Crippen LogP contribution in [0.2, 0.25) is 0 Å². The lowest BCUT2D eigenvalue weighted by Gasteiger charge is -2.10. The molecule has 4 heterocycles. The lowest BCUT2D eigenvalue weighted by atomic mass is 10.0. The maximum atomic E-state index is 6.28. The zero-order valence-corrected chi connectivity index (χ0v) is 28.3. The van der Waals surface area contributed by atoms with Crippen molar-refractivity contribution >= 4 is 33.0 Å². The molecule has 7 heteroatoms. The van der Waals surface area contributed by atoms with Gasteiger partial charge in [0.05, 0.1) is 5.39 Å². The number of hydrogen-bond donors (Lipinski definition) is 0. The van der Waals surface area contributed by atoms with Gasteiger partial charge in [-0.25, -0.2) is 29.9 Å². The van der Waals surface area contributed by atoms with Crippen LogP contribution in [0.4, 0.5) is 0 Å². The lowest BCUT2D eigenvalue weighted by Crippen LogP contribution is -2.00. The molecule has 53 heavy (non-hydrogen) atoms. The first kappa shape index (κ1) is 30.4. The maximum absolute atomic E-state index is 6.28. The Balaban J connectivity index is 1.07. The molecule has 4 aromatic heterocycles. The fraction of sp³-hybridized carbons (Fsp3) is 0. The minimum atomic E-state index is 0.529. The minimum absolute atomic E-state index is 0.529. The normalized spacial score (nSPS) is 11.4. The van der Waals surface area contributed by atoms with Gasteiger partial charge >= 0.3 is 0 Å². The number of hydrogen-bond acceptors (Lipinski definition) is 7. The van der Waals surface area contributed by atoms with E-state index < -0.39 is 0 Å². The highest BCUT2D eigenvalue weighted by molar-refractivity contribution is 6.06. The third kappa shape index (κ3) is 5.66. The SMILES string of the molecule is c1ccc(-c2ccc(-c3nc(-c4ccccc4)nc(-c4ccc(-c5nc(-c6ccc7ccccc7c6)c6oc7ncccc7c6n5)cc4)n3)cc2)cc1. The van der Waals surface area contributed by atoms with Crippen LogP contribution in [0.25, 0.3) is 101 Å². The van der Waals surface area contributed by atoms with Crippen LogP contribution >= 0.6 is 0 Å². The van der Waals surface area contributed by atoms with Gasteiger partial charge in [0.2, 0.25) is 5.71 Å². The molecule has 0 atom stereocenters. The van der Waals surface area contributed by atoms with Crippen LogP contribution in [-0.2, 0) is 0 Å². The van der Waals surface area contributed by atoms with Gasteiger partial charge < -0.3 is 4.42 Å². The molecule has 0 saturated heterocycles. The summed E-state index contributed by atoms with van der Waals surface area (Å²) in [5.74, 6) is 2.37. The number of aromatic nitrogens is 6. The van der Waals surface area contributed by atoms with Crippen LogP contribution in [0.5, 0.6) is 0 Å². The first-order valence-corrected chi connectivity index (χ1v) is 17.4. The monoisotopic (exact) mass is 680 g/mol. The minimum Gasteiger partial charge on any atom is -0.434 e. The van der Waals surface area contributed by atoms with Crippen LogP contribution in [0.1, 0.15) is 0 Å². The maximum Gasteiger partial charge on any atom is 0.229 e. The van der Waals surface area contributed by atoms with Gasteiger partial charge in [0.15, 0.2) is 28.9 Å². The second-order valence-corrected chi connectivity index (χ2v) is 12.8. The molecular formula is C46H28N6O. The highest BCUT2D eigenvalue weighted by Gasteiger charge is 2.19. The molecule has 0 radical (unpaired) electrons. The van der Waals surface area contributed by atoms with E-state index in [1.165, 1.54) is 0 Å². The van der Waals surface area contributed by atoms with Crippen molar-refractivity contribution in [1.29, 1.82) is 0 Å². The van der Waals surface area contributed by atoms with E-state index in [1.807, 2.05) is 97.1 Å². The average Bonchev–Trinajstić information content (AvgIpc) is 3.62. The van der Waals surface area contributed by atoms with Crippen LogP contribution in [-0.4, -0.2) is 29.9 Å². The van der Waals surface area contributed by atoms with Crippen LogP contribution < -0.4 is 0 Å². The molecule has 7 nitrogen and oxygen atoms in total. The molecule has 0 fully saturated rings. The summed E-state index contributed by atoms with van der Waals surface area (Å²) in [5, 5.41) is 3.12. The first-order chi connectivity index (χ1) is 26.2. The summed E-state index contributed by atoms with van der Waals surface area (Å²) in [6.07, 6.45) is 1.73. The summed E-state index contributed by atoms with van der Waals surface area (Å²) >= 11 is 0.